The summed E-state index contributed by atoms with van der Waals surface area (Å²) < 4.78 is 0. The van der Waals surface area contributed by atoms with Gasteiger partial charge >= 0.3 is 0 Å². The predicted octanol–water partition coefficient (Wildman–Crippen LogP) is 5.70. The van der Waals surface area contributed by atoms with Crippen molar-refractivity contribution in [1.29, 1.82) is 0 Å². The number of allylic oxidation sites excluding steroid dienone is 1. The molecule has 0 heterocycles. The lowest BCUT2D eigenvalue weighted by Gasteiger charge is -2.26. The van der Waals surface area contributed by atoms with Crippen LogP contribution in [0.25, 0.3) is 0 Å². The van der Waals surface area contributed by atoms with Crippen LogP contribution in [0.3, 0.4) is 0 Å². The monoisotopic (exact) mass is 284 g/mol. The number of rotatable bonds is 11. The molecule has 0 fully saturated rings. The zero-order chi connectivity index (χ0) is 14.7. The molecular weight excluding hydrogens is 248 g/mol. The molecule has 0 aliphatic heterocycles. The SMILES string of the molecule is CCCC/C=C(\C(O)CCCCCCC)[Si](C)(C)C. The highest BCUT2D eigenvalue weighted by molar-refractivity contribution is 6.83. The molecule has 0 bridgehead atoms. The zero-order valence-electron chi connectivity index (χ0n) is 14.0. The molecule has 0 aromatic heterocycles. The summed E-state index contributed by atoms with van der Waals surface area (Å²) in [7, 11) is -1.36. The maximum Gasteiger partial charge on any atom is 0.0753 e. The van der Waals surface area contributed by atoms with E-state index in [1.807, 2.05) is 0 Å². The molecule has 0 radical (unpaired) electrons. The topological polar surface area (TPSA) is 20.2 Å². The lowest BCUT2D eigenvalue weighted by molar-refractivity contribution is 0.201. The van der Waals surface area contributed by atoms with Crippen LogP contribution in [-0.4, -0.2) is 19.3 Å². The third kappa shape index (κ3) is 9.45. The molecule has 0 rings (SSSR count). The average molecular weight is 285 g/mol. The predicted molar refractivity (Wildman–Crippen MR) is 90.3 cm³/mol. The molecule has 1 N–H and O–H groups in total. The zero-order valence-corrected chi connectivity index (χ0v) is 15.0. The molecule has 19 heavy (non-hydrogen) atoms. The molecule has 0 saturated heterocycles. The molecule has 0 amide bonds. The van der Waals surface area contributed by atoms with Gasteiger partial charge in [-0.2, -0.15) is 0 Å². The summed E-state index contributed by atoms with van der Waals surface area (Å²) in [4.78, 5) is 0. The molecular formula is C17H36OSi. The van der Waals surface area contributed by atoms with Gasteiger partial charge in [0.1, 0.15) is 0 Å². The lowest BCUT2D eigenvalue weighted by atomic mass is 10.1. The fraction of sp³-hybridized carbons (Fsp3) is 0.882. The largest absolute Gasteiger partial charge is 0.389 e. The summed E-state index contributed by atoms with van der Waals surface area (Å²) in [6.45, 7) is 11.5. The third-order valence-corrected chi connectivity index (χ3v) is 6.00. The molecule has 0 aromatic rings. The van der Waals surface area contributed by atoms with Gasteiger partial charge in [0.15, 0.2) is 0 Å². The first-order chi connectivity index (χ1) is 8.93. The number of hydrogen-bond acceptors (Lipinski definition) is 1. The standard InChI is InChI=1S/C17H36OSi/c1-6-8-10-11-13-14-16(18)17(19(3,4)5)15-12-9-7-2/h15-16,18H,6-14H2,1-5H3/b17-15+. The average Bonchev–Trinajstić information content (AvgIpc) is 2.32. The van der Waals surface area contributed by atoms with Crippen molar-refractivity contribution >= 4 is 8.07 Å². The molecule has 2 heteroatoms. The van der Waals surface area contributed by atoms with Crippen LogP contribution < -0.4 is 0 Å². The van der Waals surface area contributed by atoms with Gasteiger partial charge in [0.25, 0.3) is 0 Å². The quantitative estimate of drug-likeness (QED) is 0.381. The van der Waals surface area contributed by atoms with E-state index in [2.05, 4.69) is 39.6 Å². The molecule has 0 aliphatic rings. The van der Waals surface area contributed by atoms with Crippen LogP contribution in [-0.2, 0) is 0 Å². The number of hydrogen-bond donors (Lipinski definition) is 1. The van der Waals surface area contributed by atoms with Crippen molar-refractivity contribution in [3.8, 4) is 0 Å². The van der Waals surface area contributed by atoms with E-state index in [-0.39, 0.29) is 6.10 Å². The van der Waals surface area contributed by atoms with Gasteiger partial charge in [-0.15, -0.1) is 0 Å². The van der Waals surface area contributed by atoms with Crippen molar-refractivity contribution in [3.05, 3.63) is 11.3 Å². The Morgan fingerprint density at radius 2 is 1.53 bits per heavy atom. The smallest absolute Gasteiger partial charge is 0.0753 e. The number of aliphatic hydroxyl groups is 1. The summed E-state index contributed by atoms with van der Waals surface area (Å²) >= 11 is 0. The minimum atomic E-state index is -1.36. The van der Waals surface area contributed by atoms with Crippen molar-refractivity contribution in [2.75, 3.05) is 0 Å². The first-order valence-corrected chi connectivity index (χ1v) is 11.8. The summed E-state index contributed by atoms with van der Waals surface area (Å²) in [6.07, 6.45) is 13.2. The highest BCUT2D eigenvalue weighted by Crippen LogP contribution is 2.23. The van der Waals surface area contributed by atoms with Gasteiger partial charge in [-0.05, 0) is 12.8 Å². The number of unbranched alkanes of at least 4 members (excludes halogenated alkanes) is 6. The van der Waals surface area contributed by atoms with Crippen LogP contribution in [0.5, 0.6) is 0 Å². The van der Waals surface area contributed by atoms with Gasteiger partial charge in [0.2, 0.25) is 0 Å². The van der Waals surface area contributed by atoms with Gasteiger partial charge in [0, 0.05) is 0 Å². The van der Waals surface area contributed by atoms with E-state index in [1.165, 1.54) is 50.1 Å². The Labute approximate surface area is 122 Å². The number of aliphatic hydroxyl groups excluding tert-OH is 1. The van der Waals surface area contributed by atoms with Gasteiger partial charge in [0.05, 0.1) is 14.2 Å². The van der Waals surface area contributed by atoms with Crippen molar-refractivity contribution in [3.63, 3.8) is 0 Å². The van der Waals surface area contributed by atoms with E-state index >= 15 is 0 Å². The molecule has 1 nitrogen and oxygen atoms in total. The second-order valence-corrected chi connectivity index (χ2v) is 11.8. The minimum absolute atomic E-state index is 0.176. The molecule has 1 atom stereocenters. The molecule has 0 aliphatic carbocycles. The van der Waals surface area contributed by atoms with Crippen LogP contribution >= 0.6 is 0 Å². The Bertz CT molecular complexity index is 240. The lowest BCUT2D eigenvalue weighted by Crippen LogP contribution is -2.32. The molecule has 1 unspecified atom stereocenters. The van der Waals surface area contributed by atoms with Crippen molar-refractivity contribution in [1.82, 2.24) is 0 Å². The highest BCUT2D eigenvalue weighted by Gasteiger charge is 2.24. The van der Waals surface area contributed by atoms with Gasteiger partial charge < -0.3 is 5.11 Å². The minimum Gasteiger partial charge on any atom is -0.389 e. The molecule has 0 aromatic carbocycles. The van der Waals surface area contributed by atoms with E-state index in [0.717, 1.165) is 12.8 Å². The van der Waals surface area contributed by atoms with Gasteiger partial charge in [-0.1, -0.05) is 89.7 Å². The van der Waals surface area contributed by atoms with E-state index in [1.54, 1.807) is 0 Å². The van der Waals surface area contributed by atoms with Crippen molar-refractivity contribution in [2.24, 2.45) is 0 Å². The fourth-order valence-electron chi connectivity index (χ4n) is 2.50. The molecule has 114 valence electrons. The van der Waals surface area contributed by atoms with Crippen LogP contribution in [0.4, 0.5) is 0 Å². The Kier molecular flexibility index (Phi) is 10.6. The van der Waals surface area contributed by atoms with Gasteiger partial charge in [-0.3, -0.25) is 0 Å². The summed E-state index contributed by atoms with van der Waals surface area (Å²) in [5, 5.41) is 11.9. The Morgan fingerprint density at radius 1 is 0.947 bits per heavy atom. The Morgan fingerprint density at radius 3 is 2.05 bits per heavy atom. The van der Waals surface area contributed by atoms with Crippen LogP contribution in [0.15, 0.2) is 11.3 Å². The fourth-order valence-corrected chi connectivity index (χ4v) is 4.40. The van der Waals surface area contributed by atoms with E-state index in [4.69, 9.17) is 0 Å². The summed E-state index contributed by atoms with van der Waals surface area (Å²) in [5.41, 5.74) is 0. The van der Waals surface area contributed by atoms with Crippen LogP contribution in [0, 0.1) is 0 Å². The summed E-state index contributed by atoms with van der Waals surface area (Å²) in [5.74, 6) is 0. The first kappa shape index (κ1) is 18.9. The van der Waals surface area contributed by atoms with Crippen LogP contribution in [0.2, 0.25) is 19.6 Å². The molecule has 0 spiro atoms. The van der Waals surface area contributed by atoms with Gasteiger partial charge in [-0.25, -0.2) is 0 Å². The Hall–Kier alpha value is -0.0831. The third-order valence-electron chi connectivity index (χ3n) is 3.73. The second-order valence-electron chi connectivity index (χ2n) is 6.77. The van der Waals surface area contributed by atoms with E-state index < -0.39 is 8.07 Å². The van der Waals surface area contributed by atoms with E-state index in [9.17, 15) is 5.11 Å². The Balaban J connectivity index is 4.24. The van der Waals surface area contributed by atoms with Crippen molar-refractivity contribution in [2.45, 2.75) is 97.4 Å². The second kappa shape index (κ2) is 10.7. The van der Waals surface area contributed by atoms with E-state index in [0.29, 0.717) is 0 Å². The maximum absolute atomic E-state index is 10.5. The summed E-state index contributed by atoms with van der Waals surface area (Å²) in [6, 6.07) is 0. The maximum atomic E-state index is 10.5. The highest BCUT2D eigenvalue weighted by atomic mass is 28.3. The van der Waals surface area contributed by atoms with Crippen LogP contribution in [0.1, 0.15) is 71.6 Å². The normalized spacial score (nSPS) is 14.7. The molecule has 0 saturated carbocycles. The first-order valence-electron chi connectivity index (χ1n) is 8.32. The van der Waals surface area contributed by atoms with Crippen molar-refractivity contribution < 1.29 is 5.11 Å².